The molecule has 1 saturated carbocycles. The first kappa shape index (κ1) is 17.3. The van der Waals surface area contributed by atoms with E-state index in [0.717, 1.165) is 21.1 Å². The van der Waals surface area contributed by atoms with Gasteiger partial charge in [0.25, 0.3) is 0 Å². The van der Waals surface area contributed by atoms with E-state index in [-0.39, 0.29) is 0 Å². The van der Waals surface area contributed by atoms with Crippen LogP contribution in [0.4, 0.5) is 5.69 Å². The van der Waals surface area contributed by atoms with Gasteiger partial charge in [-0.25, -0.2) is 0 Å². The zero-order chi connectivity index (χ0) is 15.2. The summed E-state index contributed by atoms with van der Waals surface area (Å²) >= 11 is 6.92. The highest BCUT2D eigenvalue weighted by atomic mass is 79.9. The molecular formula is C16H23Br2NO2. The van der Waals surface area contributed by atoms with Crippen molar-refractivity contribution in [3.05, 3.63) is 27.1 Å². The Labute approximate surface area is 143 Å². The van der Waals surface area contributed by atoms with Crippen LogP contribution in [-0.2, 0) is 4.74 Å². The van der Waals surface area contributed by atoms with Crippen LogP contribution >= 0.6 is 31.9 Å². The fraction of sp³-hybridized carbons (Fsp3) is 0.625. The Balaban J connectivity index is 1.73. The average Bonchev–Trinajstić information content (AvgIpc) is 2.45. The van der Waals surface area contributed by atoms with E-state index in [1.807, 2.05) is 18.2 Å². The second kappa shape index (κ2) is 8.51. The van der Waals surface area contributed by atoms with E-state index >= 15 is 0 Å². The number of hydrogen-bond acceptors (Lipinski definition) is 3. The lowest BCUT2D eigenvalue weighted by atomic mass is 9.88. The third-order valence-corrected chi connectivity index (χ3v) is 5.14. The molecule has 2 N–H and O–H groups in total. The predicted molar refractivity (Wildman–Crippen MR) is 93.7 cm³/mol. The van der Waals surface area contributed by atoms with E-state index in [0.29, 0.717) is 25.2 Å². The van der Waals surface area contributed by atoms with E-state index in [1.54, 1.807) is 0 Å². The maximum absolute atomic E-state index is 10.1. The van der Waals surface area contributed by atoms with Gasteiger partial charge in [0, 0.05) is 21.2 Å². The Morgan fingerprint density at radius 2 is 2.10 bits per heavy atom. The molecule has 3 atom stereocenters. The first-order valence-corrected chi connectivity index (χ1v) is 9.13. The molecule has 1 aromatic rings. The van der Waals surface area contributed by atoms with Crippen molar-refractivity contribution in [2.75, 3.05) is 18.5 Å². The number of halogens is 2. The van der Waals surface area contributed by atoms with Gasteiger partial charge in [0.15, 0.2) is 0 Å². The third-order valence-electron chi connectivity index (χ3n) is 3.99. The molecule has 2 rings (SSSR count). The van der Waals surface area contributed by atoms with Crippen LogP contribution in [0.25, 0.3) is 0 Å². The number of anilines is 1. The quantitative estimate of drug-likeness (QED) is 0.707. The van der Waals surface area contributed by atoms with Gasteiger partial charge in [0.05, 0.1) is 18.8 Å². The fourth-order valence-corrected chi connectivity index (χ4v) is 3.87. The van der Waals surface area contributed by atoms with E-state index in [1.165, 1.54) is 19.3 Å². The Morgan fingerprint density at radius 3 is 2.81 bits per heavy atom. The minimum atomic E-state index is -0.491. The Morgan fingerprint density at radius 1 is 1.33 bits per heavy atom. The number of hydrogen-bond donors (Lipinski definition) is 2. The topological polar surface area (TPSA) is 41.5 Å². The van der Waals surface area contributed by atoms with Crippen molar-refractivity contribution in [1.82, 2.24) is 0 Å². The zero-order valence-electron chi connectivity index (χ0n) is 12.3. The van der Waals surface area contributed by atoms with Gasteiger partial charge in [-0.3, -0.25) is 0 Å². The Kier molecular flexibility index (Phi) is 6.99. The van der Waals surface area contributed by atoms with Crippen molar-refractivity contribution < 1.29 is 9.84 Å². The van der Waals surface area contributed by atoms with Crippen LogP contribution in [0.2, 0.25) is 0 Å². The van der Waals surface area contributed by atoms with Crippen LogP contribution in [0.5, 0.6) is 0 Å². The number of benzene rings is 1. The number of aliphatic hydroxyl groups is 1. The predicted octanol–water partition coefficient (Wildman–Crippen LogP) is 4.58. The van der Waals surface area contributed by atoms with E-state index in [9.17, 15) is 5.11 Å². The molecule has 3 unspecified atom stereocenters. The molecular weight excluding hydrogens is 398 g/mol. The van der Waals surface area contributed by atoms with Crippen molar-refractivity contribution in [3.63, 3.8) is 0 Å². The second-order valence-corrected chi connectivity index (χ2v) is 7.56. The van der Waals surface area contributed by atoms with Crippen LogP contribution in [0.3, 0.4) is 0 Å². The molecule has 0 amide bonds. The molecule has 0 saturated heterocycles. The maximum atomic E-state index is 10.1. The fourth-order valence-electron chi connectivity index (χ4n) is 2.68. The van der Waals surface area contributed by atoms with Gasteiger partial charge >= 0.3 is 0 Å². The van der Waals surface area contributed by atoms with Gasteiger partial charge in [0.2, 0.25) is 0 Å². The second-order valence-electron chi connectivity index (χ2n) is 5.79. The standard InChI is InChI=1S/C16H23Br2NO2/c1-11-4-2-3-5-16(11)21-10-13(20)9-19-15-7-6-12(17)8-14(15)18/h6-8,11,13,16,19-20H,2-5,9-10H2,1H3. The summed E-state index contributed by atoms with van der Waals surface area (Å²) in [6.45, 7) is 3.13. The molecule has 0 bridgehead atoms. The summed E-state index contributed by atoms with van der Waals surface area (Å²) in [5.41, 5.74) is 0.975. The smallest absolute Gasteiger partial charge is 0.0945 e. The molecule has 0 aromatic heterocycles. The number of aliphatic hydroxyl groups excluding tert-OH is 1. The summed E-state index contributed by atoms with van der Waals surface area (Å²) in [7, 11) is 0. The van der Waals surface area contributed by atoms with E-state index in [4.69, 9.17) is 4.74 Å². The summed E-state index contributed by atoms with van der Waals surface area (Å²) in [6, 6.07) is 5.93. The minimum Gasteiger partial charge on any atom is -0.389 e. The van der Waals surface area contributed by atoms with E-state index < -0.39 is 6.10 Å². The molecule has 0 spiro atoms. The lowest BCUT2D eigenvalue weighted by molar-refractivity contribution is -0.0424. The highest BCUT2D eigenvalue weighted by molar-refractivity contribution is 9.11. The largest absolute Gasteiger partial charge is 0.389 e. The highest BCUT2D eigenvalue weighted by Gasteiger charge is 2.22. The molecule has 1 fully saturated rings. The molecule has 0 heterocycles. The van der Waals surface area contributed by atoms with Crippen molar-refractivity contribution in [3.8, 4) is 0 Å². The van der Waals surface area contributed by atoms with Crippen molar-refractivity contribution in [2.24, 2.45) is 5.92 Å². The van der Waals surface area contributed by atoms with Crippen LogP contribution in [0.1, 0.15) is 32.6 Å². The molecule has 118 valence electrons. The van der Waals surface area contributed by atoms with Gasteiger partial charge in [-0.05, 0) is 52.9 Å². The summed E-state index contributed by atoms with van der Waals surface area (Å²) in [4.78, 5) is 0. The normalized spacial score (nSPS) is 23.8. The van der Waals surface area contributed by atoms with Crippen molar-refractivity contribution in [1.29, 1.82) is 0 Å². The lowest BCUT2D eigenvalue weighted by Gasteiger charge is -2.29. The van der Waals surface area contributed by atoms with Gasteiger partial charge in [-0.1, -0.05) is 35.7 Å². The average molecular weight is 421 g/mol. The zero-order valence-corrected chi connectivity index (χ0v) is 15.5. The van der Waals surface area contributed by atoms with Crippen molar-refractivity contribution >= 4 is 37.5 Å². The number of rotatable bonds is 6. The SMILES string of the molecule is CC1CCCCC1OCC(O)CNc1ccc(Br)cc1Br. The summed E-state index contributed by atoms with van der Waals surface area (Å²) in [6.07, 6.45) is 4.74. The Bertz CT molecular complexity index is 456. The molecule has 0 radical (unpaired) electrons. The summed E-state index contributed by atoms with van der Waals surface area (Å²) < 4.78 is 7.89. The first-order chi connectivity index (χ1) is 10.1. The van der Waals surface area contributed by atoms with Gasteiger partial charge in [-0.15, -0.1) is 0 Å². The molecule has 1 aromatic carbocycles. The van der Waals surface area contributed by atoms with Gasteiger partial charge in [0.1, 0.15) is 0 Å². The number of ether oxygens (including phenoxy) is 1. The molecule has 1 aliphatic rings. The van der Waals surface area contributed by atoms with Gasteiger partial charge in [-0.2, -0.15) is 0 Å². The lowest BCUT2D eigenvalue weighted by Crippen LogP contribution is -2.32. The minimum absolute atomic E-state index is 0.313. The molecule has 1 aliphatic carbocycles. The highest BCUT2D eigenvalue weighted by Crippen LogP contribution is 2.27. The summed E-state index contributed by atoms with van der Waals surface area (Å²) in [5.74, 6) is 0.611. The molecule has 3 nitrogen and oxygen atoms in total. The summed E-state index contributed by atoms with van der Waals surface area (Å²) in [5, 5.41) is 13.3. The van der Waals surface area contributed by atoms with Crippen LogP contribution < -0.4 is 5.32 Å². The van der Waals surface area contributed by atoms with Crippen LogP contribution in [0, 0.1) is 5.92 Å². The molecule has 0 aliphatic heterocycles. The van der Waals surface area contributed by atoms with E-state index in [2.05, 4.69) is 44.1 Å². The number of nitrogens with one attached hydrogen (secondary N) is 1. The van der Waals surface area contributed by atoms with Crippen LogP contribution in [-0.4, -0.2) is 30.5 Å². The monoisotopic (exact) mass is 419 g/mol. The maximum Gasteiger partial charge on any atom is 0.0945 e. The third kappa shape index (κ3) is 5.55. The van der Waals surface area contributed by atoms with Crippen LogP contribution in [0.15, 0.2) is 27.1 Å². The molecule has 5 heteroatoms. The first-order valence-electron chi connectivity index (χ1n) is 7.55. The molecule has 21 heavy (non-hydrogen) atoms. The van der Waals surface area contributed by atoms with Crippen molar-refractivity contribution in [2.45, 2.75) is 44.8 Å². The van der Waals surface area contributed by atoms with Gasteiger partial charge < -0.3 is 15.2 Å². The Hall–Kier alpha value is -0.100.